The van der Waals surface area contributed by atoms with Gasteiger partial charge in [-0.1, -0.05) is 37.3 Å². The molecule has 0 spiro atoms. The molecule has 1 aromatic carbocycles. The van der Waals surface area contributed by atoms with Crippen LogP contribution in [0.15, 0.2) is 30.3 Å². The van der Waals surface area contributed by atoms with Gasteiger partial charge in [-0.15, -0.1) is 0 Å². The van der Waals surface area contributed by atoms with Crippen LogP contribution < -0.4 is 5.32 Å². The molecule has 0 aliphatic rings. The van der Waals surface area contributed by atoms with E-state index in [1.54, 1.807) is 11.9 Å². The van der Waals surface area contributed by atoms with Gasteiger partial charge in [0.15, 0.2) is 0 Å². The average Bonchev–Trinajstić information content (AvgIpc) is 2.50. The molecule has 1 unspecified atom stereocenters. The smallest absolute Gasteiger partial charge is 0.326 e. The van der Waals surface area contributed by atoms with Crippen molar-refractivity contribution in [3.63, 3.8) is 0 Å². The van der Waals surface area contributed by atoms with Gasteiger partial charge < -0.3 is 15.3 Å². The zero-order chi connectivity index (χ0) is 15.8. The summed E-state index contributed by atoms with van der Waals surface area (Å²) in [5.41, 5.74) is 1.06. The number of carbonyl (C=O) groups excluding carboxylic acids is 1. The number of urea groups is 1. The number of aliphatic carboxylic acids is 1. The van der Waals surface area contributed by atoms with Crippen molar-refractivity contribution in [2.75, 3.05) is 7.05 Å². The molecule has 1 rings (SSSR count). The van der Waals surface area contributed by atoms with Crippen molar-refractivity contribution < 1.29 is 14.7 Å². The summed E-state index contributed by atoms with van der Waals surface area (Å²) in [4.78, 5) is 24.8. The maximum absolute atomic E-state index is 12.0. The number of carboxylic acid groups (broad SMARTS) is 1. The van der Waals surface area contributed by atoms with E-state index in [1.807, 2.05) is 44.2 Å². The minimum atomic E-state index is -1.00. The van der Waals surface area contributed by atoms with Crippen LogP contribution in [0, 0.1) is 0 Å². The molecule has 0 fully saturated rings. The summed E-state index contributed by atoms with van der Waals surface area (Å²) in [6.45, 7) is 3.91. The standard InChI is InChI=1S/C16H24N2O3/c1-4-12(2)18(3)16(21)17-14(15(19)20)11-10-13-8-6-5-7-9-13/h5-9,12,14H,4,10-11H2,1-3H3,(H,17,21)(H,19,20)/t12?,14-/m0/s1. The third-order valence-electron chi connectivity index (χ3n) is 3.73. The summed E-state index contributed by atoms with van der Waals surface area (Å²) < 4.78 is 0. The van der Waals surface area contributed by atoms with E-state index in [9.17, 15) is 14.7 Å². The van der Waals surface area contributed by atoms with Gasteiger partial charge in [0.25, 0.3) is 0 Å². The predicted octanol–water partition coefficient (Wildman–Crippen LogP) is 2.51. The molecule has 0 aromatic heterocycles. The third kappa shape index (κ3) is 5.45. The fraction of sp³-hybridized carbons (Fsp3) is 0.500. The Labute approximate surface area is 126 Å². The number of hydrogen-bond acceptors (Lipinski definition) is 2. The van der Waals surface area contributed by atoms with Gasteiger partial charge in [0.05, 0.1) is 0 Å². The highest BCUT2D eigenvalue weighted by molar-refractivity contribution is 5.82. The lowest BCUT2D eigenvalue weighted by Crippen LogP contribution is -2.49. The van der Waals surface area contributed by atoms with Crippen LogP contribution >= 0.6 is 0 Å². The van der Waals surface area contributed by atoms with Crippen molar-refractivity contribution in [2.45, 2.75) is 45.2 Å². The number of hydrogen-bond donors (Lipinski definition) is 2. The summed E-state index contributed by atoms with van der Waals surface area (Å²) >= 11 is 0. The molecule has 0 aliphatic carbocycles. The largest absolute Gasteiger partial charge is 0.480 e. The molecule has 116 valence electrons. The van der Waals surface area contributed by atoms with Gasteiger partial charge in [-0.05, 0) is 31.7 Å². The van der Waals surface area contributed by atoms with Crippen LogP contribution in [0.2, 0.25) is 0 Å². The van der Waals surface area contributed by atoms with E-state index >= 15 is 0 Å². The Morgan fingerprint density at radius 2 is 1.90 bits per heavy atom. The van der Waals surface area contributed by atoms with Gasteiger partial charge in [0, 0.05) is 13.1 Å². The first-order valence-corrected chi connectivity index (χ1v) is 7.25. The number of carboxylic acids is 1. The summed E-state index contributed by atoms with van der Waals surface area (Å²) in [5.74, 6) is -1.00. The molecule has 21 heavy (non-hydrogen) atoms. The van der Waals surface area contributed by atoms with E-state index in [4.69, 9.17) is 0 Å². The quantitative estimate of drug-likeness (QED) is 0.811. The molecule has 0 saturated heterocycles. The van der Waals surface area contributed by atoms with Gasteiger partial charge in [0.2, 0.25) is 0 Å². The third-order valence-corrected chi connectivity index (χ3v) is 3.73. The summed E-state index contributed by atoms with van der Waals surface area (Å²) in [5, 5.41) is 11.8. The maximum atomic E-state index is 12.0. The number of nitrogens with zero attached hydrogens (tertiary/aromatic N) is 1. The van der Waals surface area contributed by atoms with Crippen molar-refractivity contribution in [1.29, 1.82) is 0 Å². The lowest BCUT2D eigenvalue weighted by molar-refractivity contribution is -0.139. The van der Waals surface area contributed by atoms with Gasteiger partial charge >= 0.3 is 12.0 Å². The monoisotopic (exact) mass is 292 g/mol. The zero-order valence-corrected chi connectivity index (χ0v) is 12.9. The van der Waals surface area contributed by atoms with Crippen LogP contribution in [0.3, 0.4) is 0 Å². The van der Waals surface area contributed by atoms with E-state index in [2.05, 4.69) is 5.32 Å². The predicted molar refractivity (Wildman–Crippen MR) is 82.2 cm³/mol. The summed E-state index contributed by atoms with van der Waals surface area (Å²) in [6.07, 6.45) is 1.82. The molecule has 1 aromatic rings. The highest BCUT2D eigenvalue weighted by Crippen LogP contribution is 2.07. The van der Waals surface area contributed by atoms with Crippen molar-refractivity contribution in [3.05, 3.63) is 35.9 Å². The maximum Gasteiger partial charge on any atom is 0.326 e. The number of nitrogens with one attached hydrogen (secondary N) is 1. The molecule has 5 heteroatoms. The molecular weight excluding hydrogens is 268 g/mol. The number of benzene rings is 1. The van der Waals surface area contributed by atoms with Crippen LogP contribution in [0.25, 0.3) is 0 Å². The van der Waals surface area contributed by atoms with Crippen LogP contribution in [0.4, 0.5) is 4.79 Å². The van der Waals surface area contributed by atoms with Crippen LogP contribution in [0.5, 0.6) is 0 Å². The van der Waals surface area contributed by atoms with Gasteiger partial charge in [-0.25, -0.2) is 9.59 Å². The van der Waals surface area contributed by atoms with Gasteiger partial charge in [0.1, 0.15) is 6.04 Å². The molecular formula is C16H24N2O3. The Hall–Kier alpha value is -2.04. The van der Waals surface area contributed by atoms with Gasteiger partial charge in [-0.3, -0.25) is 0 Å². The minimum Gasteiger partial charge on any atom is -0.480 e. The first-order chi connectivity index (χ1) is 9.95. The van der Waals surface area contributed by atoms with E-state index in [0.717, 1.165) is 12.0 Å². The van der Waals surface area contributed by atoms with E-state index in [0.29, 0.717) is 12.8 Å². The summed E-state index contributed by atoms with van der Waals surface area (Å²) in [6, 6.07) is 8.52. The average molecular weight is 292 g/mol. The van der Waals surface area contributed by atoms with Crippen LogP contribution in [-0.4, -0.2) is 41.1 Å². The SMILES string of the molecule is CCC(C)N(C)C(=O)N[C@@H](CCc1ccccc1)C(=O)O. The number of aryl methyl sites for hydroxylation is 1. The number of carbonyl (C=O) groups is 2. The second kappa shape index (κ2) is 8.29. The lowest BCUT2D eigenvalue weighted by Gasteiger charge is -2.26. The molecule has 5 nitrogen and oxygen atoms in total. The van der Waals surface area contributed by atoms with Crippen molar-refractivity contribution >= 4 is 12.0 Å². The Balaban J connectivity index is 2.58. The number of rotatable bonds is 7. The molecule has 0 aliphatic heterocycles. The van der Waals surface area contributed by atoms with Gasteiger partial charge in [-0.2, -0.15) is 0 Å². The molecule has 2 amide bonds. The fourth-order valence-corrected chi connectivity index (χ4v) is 1.94. The number of amides is 2. The molecule has 2 atom stereocenters. The van der Waals surface area contributed by atoms with Crippen molar-refractivity contribution in [2.24, 2.45) is 0 Å². The van der Waals surface area contributed by atoms with Crippen molar-refractivity contribution in [1.82, 2.24) is 10.2 Å². The van der Waals surface area contributed by atoms with E-state index in [-0.39, 0.29) is 12.1 Å². The van der Waals surface area contributed by atoms with Crippen molar-refractivity contribution in [3.8, 4) is 0 Å². The zero-order valence-electron chi connectivity index (χ0n) is 12.9. The fourth-order valence-electron chi connectivity index (χ4n) is 1.94. The second-order valence-electron chi connectivity index (χ2n) is 5.23. The molecule has 2 N–H and O–H groups in total. The first kappa shape index (κ1) is 17.0. The Morgan fingerprint density at radius 1 is 1.29 bits per heavy atom. The van der Waals surface area contributed by atoms with E-state index < -0.39 is 12.0 Å². The Kier molecular flexibility index (Phi) is 6.72. The Bertz CT molecular complexity index is 462. The molecule has 0 radical (unpaired) electrons. The highest BCUT2D eigenvalue weighted by atomic mass is 16.4. The Morgan fingerprint density at radius 3 is 2.43 bits per heavy atom. The molecule has 0 saturated carbocycles. The van der Waals surface area contributed by atoms with E-state index in [1.165, 1.54) is 0 Å². The molecule has 0 bridgehead atoms. The highest BCUT2D eigenvalue weighted by Gasteiger charge is 2.23. The normalized spacial score (nSPS) is 13.3. The lowest BCUT2D eigenvalue weighted by atomic mass is 10.1. The van der Waals surface area contributed by atoms with Crippen LogP contribution in [-0.2, 0) is 11.2 Å². The molecule has 0 heterocycles. The summed E-state index contributed by atoms with van der Waals surface area (Å²) in [7, 11) is 1.68. The minimum absolute atomic E-state index is 0.0774. The second-order valence-corrected chi connectivity index (χ2v) is 5.23. The van der Waals surface area contributed by atoms with Crippen LogP contribution in [0.1, 0.15) is 32.3 Å². The topological polar surface area (TPSA) is 69.6 Å². The first-order valence-electron chi connectivity index (χ1n) is 7.25.